The number of anilines is 1. The Morgan fingerprint density at radius 2 is 2.07 bits per heavy atom. The van der Waals surface area contributed by atoms with E-state index in [1.807, 2.05) is 36.1 Å². The molecule has 3 aliphatic rings. The molecule has 0 spiro atoms. The molecule has 0 radical (unpaired) electrons. The Morgan fingerprint density at radius 1 is 1.23 bits per heavy atom. The highest BCUT2D eigenvalue weighted by Crippen LogP contribution is 2.41. The van der Waals surface area contributed by atoms with E-state index >= 15 is 0 Å². The first-order valence-corrected chi connectivity index (χ1v) is 11.3. The fourth-order valence-corrected chi connectivity index (χ4v) is 4.31. The molecule has 6 heteroatoms. The highest BCUT2D eigenvalue weighted by atomic mass is 16.5. The second-order valence-corrected chi connectivity index (χ2v) is 8.79. The van der Waals surface area contributed by atoms with E-state index in [-0.39, 0.29) is 0 Å². The predicted octanol–water partition coefficient (Wildman–Crippen LogP) is 3.85. The molecule has 162 valence electrons. The minimum Gasteiger partial charge on any atom is -0.386 e. The zero-order valence-electron chi connectivity index (χ0n) is 17.9. The van der Waals surface area contributed by atoms with Crippen LogP contribution in [0.4, 0.5) is 5.69 Å². The molecule has 1 aliphatic heterocycles. The van der Waals surface area contributed by atoms with Crippen molar-refractivity contribution < 1.29 is 9.53 Å². The zero-order valence-corrected chi connectivity index (χ0v) is 17.9. The zero-order chi connectivity index (χ0) is 20.8. The maximum atomic E-state index is 10.8. The number of benzene rings is 1. The van der Waals surface area contributed by atoms with Gasteiger partial charge in [0.05, 0.1) is 11.9 Å². The van der Waals surface area contributed by atoms with Gasteiger partial charge in [0, 0.05) is 56.6 Å². The van der Waals surface area contributed by atoms with Crippen LogP contribution in [-0.4, -0.2) is 48.4 Å². The monoisotopic (exact) mass is 410 g/mol. The summed E-state index contributed by atoms with van der Waals surface area (Å²) in [4.78, 5) is 10.8. The Balaban J connectivity index is 0.000000158. The Bertz CT molecular complexity index is 811. The molecule has 2 unspecified atom stereocenters. The molecule has 1 aromatic heterocycles. The van der Waals surface area contributed by atoms with Crippen LogP contribution in [0.1, 0.15) is 60.4 Å². The normalized spacial score (nSPS) is 23.8. The quantitative estimate of drug-likeness (QED) is 0.679. The topological polar surface area (TPSA) is 68.2 Å². The third-order valence-corrected chi connectivity index (χ3v) is 6.53. The van der Waals surface area contributed by atoms with E-state index in [9.17, 15) is 4.79 Å². The molecule has 2 saturated carbocycles. The highest BCUT2D eigenvalue weighted by Gasteiger charge is 2.39. The van der Waals surface area contributed by atoms with Gasteiger partial charge in [0.15, 0.2) is 0 Å². The minimum absolute atomic E-state index is 0.591. The molecule has 0 amide bonds. The van der Waals surface area contributed by atoms with Crippen LogP contribution in [0.3, 0.4) is 0 Å². The summed E-state index contributed by atoms with van der Waals surface area (Å²) in [5, 5.41) is 11.0. The Hall–Kier alpha value is -2.18. The number of aromatic nitrogens is 2. The van der Waals surface area contributed by atoms with Crippen LogP contribution in [0.2, 0.25) is 0 Å². The van der Waals surface area contributed by atoms with E-state index < -0.39 is 0 Å². The highest BCUT2D eigenvalue weighted by molar-refractivity contribution is 5.75. The van der Waals surface area contributed by atoms with Gasteiger partial charge in [0.25, 0.3) is 0 Å². The summed E-state index contributed by atoms with van der Waals surface area (Å²) < 4.78 is 7.40. The van der Waals surface area contributed by atoms with Crippen molar-refractivity contribution >= 4 is 12.0 Å². The molecule has 2 aliphatic carbocycles. The lowest BCUT2D eigenvalue weighted by atomic mass is 9.85. The van der Waals surface area contributed by atoms with Gasteiger partial charge >= 0.3 is 0 Å². The van der Waals surface area contributed by atoms with Crippen LogP contribution in [0.5, 0.6) is 0 Å². The average Bonchev–Trinajstić information content (AvgIpc) is 3.37. The first-order valence-electron chi connectivity index (χ1n) is 11.3. The van der Waals surface area contributed by atoms with Gasteiger partial charge in [-0.2, -0.15) is 5.10 Å². The molecule has 3 fully saturated rings. The molecule has 2 aromatic rings. The van der Waals surface area contributed by atoms with Crippen molar-refractivity contribution in [2.75, 3.05) is 25.6 Å². The van der Waals surface area contributed by atoms with Crippen LogP contribution in [0.25, 0.3) is 0 Å². The van der Waals surface area contributed by atoms with Crippen molar-refractivity contribution in [3.05, 3.63) is 47.8 Å². The first-order chi connectivity index (χ1) is 14.7. The van der Waals surface area contributed by atoms with Gasteiger partial charge in [0.1, 0.15) is 6.29 Å². The second kappa shape index (κ2) is 10.2. The van der Waals surface area contributed by atoms with Crippen LogP contribution in [0, 0.1) is 5.92 Å². The summed E-state index contributed by atoms with van der Waals surface area (Å²) in [7, 11) is 1.92. The largest absolute Gasteiger partial charge is 0.386 e. The summed E-state index contributed by atoms with van der Waals surface area (Å²) >= 11 is 0. The summed E-state index contributed by atoms with van der Waals surface area (Å²) in [5.74, 6) is 1.47. The number of carbonyl (C=O) groups is 1. The van der Waals surface area contributed by atoms with Crippen molar-refractivity contribution in [3.63, 3.8) is 0 Å². The number of rotatable bonds is 7. The minimum atomic E-state index is 0.591. The molecule has 1 aromatic carbocycles. The van der Waals surface area contributed by atoms with Crippen molar-refractivity contribution in [2.24, 2.45) is 5.92 Å². The number of hydrogen-bond acceptors (Lipinski definition) is 5. The van der Waals surface area contributed by atoms with Crippen molar-refractivity contribution in [1.82, 2.24) is 15.1 Å². The molecular formula is C24H34N4O2. The summed E-state index contributed by atoms with van der Waals surface area (Å²) in [5.41, 5.74) is 3.18. The van der Waals surface area contributed by atoms with Crippen molar-refractivity contribution in [3.8, 4) is 0 Å². The molecule has 1 saturated heterocycles. The third-order valence-electron chi connectivity index (χ3n) is 6.53. The molecule has 0 bridgehead atoms. The third kappa shape index (κ3) is 5.70. The number of ether oxygens (including phenoxy) is 1. The molecule has 2 heterocycles. The van der Waals surface area contributed by atoms with Gasteiger partial charge in [-0.05, 0) is 49.7 Å². The predicted molar refractivity (Wildman–Crippen MR) is 119 cm³/mol. The van der Waals surface area contributed by atoms with Crippen molar-refractivity contribution in [1.29, 1.82) is 0 Å². The van der Waals surface area contributed by atoms with Gasteiger partial charge in [-0.3, -0.25) is 9.48 Å². The maximum absolute atomic E-state index is 10.8. The van der Waals surface area contributed by atoms with E-state index in [0.29, 0.717) is 18.0 Å². The van der Waals surface area contributed by atoms with Gasteiger partial charge in [-0.1, -0.05) is 24.6 Å². The Labute approximate surface area is 179 Å². The lowest BCUT2D eigenvalue weighted by Gasteiger charge is -2.24. The van der Waals surface area contributed by atoms with E-state index in [1.165, 1.54) is 31.2 Å². The fourth-order valence-electron chi connectivity index (χ4n) is 4.31. The molecule has 6 nitrogen and oxygen atoms in total. The SMILES string of the molecule is CNc1cnn(CC2CCC2)c1.O=Cc1cccc(C2CC2NC2CCOCC2)c1. The maximum Gasteiger partial charge on any atom is 0.150 e. The second-order valence-electron chi connectivity index (χ2n) is 8.79. The Kier molecular flexibility index (Phi) is 7.18. The van der Waals surface area contributed by atoms with Crippen LogP contribution in [0.15, 0.2) is 36.7 Å². The van der Waals surface area contributed by atoms with Gasteiger partial charge in [-0.25, -0.2) is 0 Å². The lowest BCUT2D eigenvalue weighted by Crippen LogP contribution is -2.36. The molecular weight excluding hydrogens is 376 g/mol. The number of nitrogens with zero attached hydrogens (tertiary/aromatic N) is 2. The van der Waals surface area contributed by atoms with Crippen LogP contribution >= 0.6 is 0 Å². The van der Waals surface area contributed by atoms with Gasteiger partial charge in [0.2, 0.25) is 0 Å². The summed E-state index contributed by atoms with van der Waals surface area (Å²) in [6, 6.07) is 9.19. The standard InChI is InChI=1S/C15H19NO2.C9H15N3/c17-10-11-2-1-3-12(8-11)14-9-15(14)16-13-4-6-18-7-5-13;1-10-9-5-11-12(7-9)6-8-3-2-4-8/h1-3,8,10,13-16H,4-7,9H2;5,7-8,10H,2-4,6H2,1H3. The molecule has 2 N–H and O–H groups in total. The van der Waals surface area contributed by atoms with E-state index in [1.54, 1.807) is 0 Å². The summed E-state index contributed by atoms with van der Waals surface area (Å²) in [6.07, 6.45) is 12.5. The molecule has 2 atom stereocenters. The number of hydrogen-bond donors (Lipinski definition) is 2. The number of carbonyl (C=O) groups excluding carboxylic acids is 1. The number of nitrogens with one attached hydrogen (secondary N) is 2. The van der Waals surface area contributed by atoms with E-state index in [2.05, 4.69) is 28.0 Å². The average molecular weight is 411 g/mol. The number of aldehydes is 1. The lowest BCUT2D eigenvalue weighted by molar-refractivity contribution is 0.0774. The van der Waals surface area contributed by atoms with Gasteiger partial charge in [-0.15, -0.1) is 0 Å². The molecule has 5 rings (SSSR count). The van der Waals surface area contributed by atoms with Crippen LogP contribution in [-0.2, 0) is 11.3 Å². The fraction of sp³-hybridized carbons (Fsp3) is 0.583. The summed E-state index contributed by atoms with van der Waals surface area (Å²) in [6.45, 7) is 2.87. The first kappa shape index (κ1) is 21.1. The van der Waals surface area contributed by atoms with E-state index in [4.69, 9.17) is 4.74 Å². The smallest absolute Gasteiger partial charge is 0.150 e. The van der Waals surface area contributed by atoms with Gasteiger partial charge < -0.3 is 15.4 Å². The molecule has 30 heavy (non-hydrogen) atoms. The van der Waals surface area contributed by atoms with E-state index in [0.717, 1.165) is 56.1 Å². The van der Waals surface area contributed by atoms with Crippen molar-refractivity contribution in [2.45, 2.75) is 63.1 Å². The Morgan fingerprint density at radius 3 is 2.73 bits per heavy atom. The van der Waals surface area contributed by atoms with Crippen LogP contribution < -0.4 is 10.6 Å².